The van der Waals surface area contributed by atoms with Crippen molar-refractivity contribution >= 4 is 17.7 Å². The van der Waals surface area contributed by atoms with E-state index in [0.717, 1.165) is 22.4 Å². The fourth-order valence-corrected chi connectivity index (χ4v) is 3.17. The van der Waals surface area contributed by atoms with E-state index >= 15 is 0 Å². The molecular weight excluding hydrogens is 362 g/mol. The molecule has 0 aromatic heterocycles. The Morgan fingerprint density at radius 2 is 1.55 bits per heavy atom. The molecule has 0 radical (unpaired) electrons. The molecule has 0 saturated heterocycles. The van der Waals surface area contributed by atoms with Crippen molar-refractivity contribution in [3.63, 3.8) is 0 Å². The molecule has 0 saturated carbocycles. The molecule has 0 aliphatic heterocycles. The van der Waals surface area contributed by atoms with Gasteiger partial charge in [-0.1, -0.05) is 52.0 Å². The lowest BCUT2D eigenvalue weighted by atomic mass is 9.92. The number of para-hydroxylation sites is 1. The van der Waals surface area contributed by atoms with Crippen molar-refractivity contribution in [3.8, 4) is 11.5 Å². The molecule has 0 aliphatic rings. The number of methoxy groups -OCH3 is 1. The lowest BCUT2D eigenvalue weighted by Crippen LogP contribution is -2.13. The summed E-state index contributed by atoms with van der Waals surface area (Å²) in [4.78, 5) is 12.6. The van der Waals surface area contributed by atoms with Crippen LogP contribution in [-0.4, -0.2) is 19.1 Å². The van der Waals surface area contributed by atoms with E-state index in [-0.39, 0.29) is 12.0 Å². The number of anilines is 1. The minimum atomic E-state index is -0.151. The number of amides is 1. The van der Waals surface area contributed by atoms with Crippen molar-refractivity contribution in [3.05, 3.63) is 59.2 Å². The normalized spacial score (nSPS) is 11.5. The minimum Gasteiger partial charge on any atom is -0.493 e. The molecule has 2 aromatic rings. The van der Waals surface area contributed by atoms with Gasteiger partial charge in [0.05, 0.1) is 13.2 Å². The molecule has 4 heteroatoms. The quantitative estimate of drug-likeness (QED) is 0.528. The van der Waals surface area contributed by atoms with E-state index in [9.17, 15) is 4.79 Å². The zero-order chi connectivity index (χ0) is 21.6. The summed E-state index contributed by atoms with van der Waals surface area (Å²) in [5.74, 6) is 1.84. The number of nitrogens with one attached hydrogen (secondary N) is 1. The third-order valence-corrected chi connectivity index (χ3v) is 4.60. The van der Waals surface area contributed by atoms with E-state index in [4.69, 9.17) is 9.47 Å². The van der Waals surface area contributed by atoms with Crippen molar-refractivity contribution in [2.24, 2.45) is 0 Å². The van der Waals surface area contributed by atoms with Crippen LogP contribution in [0.1, 0.15) is 70.1 Å². The molecule has 1 N–H and O–H groups in total. The monoisotopic (exact) mass is 395 g/mol. The van der Waals surface area contributed by atoms with Crippen LogP contribution in [-0.2, 0) is 4.79 Å². The van der Waals surface area contributed by atoms with E-state index in [1.54, 1.807) is 19.3 Å². The number of hydrogen-bond donors (Lipinski definition) is 1. The Hall–Kier alpha value is -2.75. The van der Waals surface area contributed by atoms with Gasteiger partial charge in [-0.2, -0.15) is 0 Å². The van der Waals surface area contributed by atoms with E-state index in [1.807, 2.05) is 32.0 Å². The van der Waals surface area contributed by atoms with Gasteiger partial charge in [0.25, 0.3) is 0 Å². The smallest absolute Gasteiger partial charge is 0.248 e. The van der Waals surface area contributed by atoms with Crippen LogP contribution in [0.2, 0.25) is 0 Å². The second kappa shape index (κ2) is 10.1. The summed E-state index contributed by atoms with van der Waals surface area (Å²) in [7, 11) is 1.61. The number of hydrogen-bond acceptors (Lipinski definition) is 3. The van der Waals surface area contributed by atoms with Crippen molar-refractivity contribution in [1.82, 2.24) is 0 Å². The van der Waals surface area contributed by atoms with Crippen LogP contribution < -0.4 is 14.8 Å². The first-order valence-electron chi connectivity index (χ1n) is 10.2. The summed E-state index contributed by atoms with van der Waals surface area (Å²) in [6.45, 7) is 12.5. The van der Waals surface area contributed by atoms with Crippen molar-refractivity contribution in [1.29, 1.82) is 0 Å². The molecule has 0 unspecified atom stereocenters. The van der Waals surface area contributed by atoms with Gasteiger partial charge in [0.2, 0.25) is 5.91 Å². The summed E-state index contributed by atoms with van der Waals surface area (Å²) in [5, 5.41) is 3.10. The topological polar surface area (TPSA) is 47.6 Å². The maximum atomic E-state index is 12.6. The summed E-state index contributed by atoms with van der Waals surface area (Å²) < 4.78 is 11.2. The summed E-state index contributed by atoms with van der Waals surface area (Å²) >= 11 is 0. The van der Waals surface area contributed by atoms with Gasteiger partial charge >= 0.3 is 0 Å². The second-order valence-electron chi connectivity index (χ2n) is 8.02. The highest BCUT2D eigenvalue weighted by atomic mass is 16.5. The first-order chi connectivity index (χ1) is 13.7. The molecule has 0 aliphatic carbocycles. The highest BCUT2D eigenvalue weighted by molar-refractivity contribution is 6.03. The largest absolute Gasteiger partial charge is 0.493 e. The van der Waals surface area contributed by atoms with Gasteiger partial charge in [0.1, 0.15) is 0 Å². The number of carbonyl (C=O) groups excluding carboxylic acids is 1. The molecule has 0 atom stereocenters. The highest BCUT2D eigenvalue weighted by Crippen LogP contribution is 2.32. The Bertz CT molecular complexity index is 840. The third-order valence-electron chi connectivity index (χ3n) is 4.60. The van der Waals surface area contributed by atoms with Crippen molar-refractivity contribution in [2.45, 2.75) is 59.5 Å². The summed E-state index contributed by atoms with van der Waals surface area (Å²) in [6.07, 6.45) is 3.40. The molecule has 1 amide bonds. The second-order valence-corrected chi connectivity index (χ2v) is 8.02. The zero-order valence-electron chi connectivity index (χ0n) is 18.6. The SMILES string of the molecule is COc1cc(C=CC(=O)Nc2c(C(C)C)cccc2C(C)C)ccc1OC(C)C. The van der Waals surface area contributed by atoms with Crippen LogP contribution in [0.25, 0.3) is 6.08 Å². The van der Waals surface area contributed by atoms with Crippen LogP contribution in [0.3, 0.4) is 0 Å². The predicted octanol–water partition coefficient (Wildman–Crippen LogP) is 6.38. The summed E-state index contributed by atoms with van der Waals surface area (Å²) in [6, 6.07) is 11.8. The van der Waals surface area contributed by atoms with E-state index in [1.165, 1.54) is 0 Å². The lowest BCUT2D eigenvalue weighted by Gasteiger charge is -2.19. The van der Waals surface area contributed by atoms with Gasteiger partial charge in [-0.3, -0.25) is 4.79 Å². The molecule has 156 valence electrons. The van der Waals surface area contributed by atoms with E-state index in [0.29, 0.717) is 23.3 Å². The van der Waals surface area contributed by atoms with Gasteiger partial charge in [0, 0.05) is 11.8 Å². The first kappa shape index (κ1) is 22.5. The zero-order valence-corrected chi connectivity index (χ0v) is 18.6. The Morgan fingerprint density at radius 3 is 2.07 bits per heavy atom. The Labute approximate surface area is 174 Å². The van der Waals surface area contributed by atoms with Crippen LogP contribution in [0.5, 0.6) is 11.5 Å². The third kappa shape index (κ3) is 6.11. The number of rotatable bonds is 8. The van der Waals surface area contributed by atoms with Crippen LogP contribution >= 0.6 is 0 Å². The molecule has 0 spiro atoms. The maximum Gasteiger partial charge on any atom is 0.248 e. The van der Waals surface area contributed by atoms with E-state index < -0.39 is 0 Å². The standard InChI is InChI=1S/C25H33NO3/c1-16(2)20-9-8-10-21(17(3)4)25(20)26-24(27)14-12-19-11-13-22(29-18(5)6)23(15-19)28-7/h8-18H,1-7H3,(H,26,27). The number of carbonyl (C=O) groups is 1. The average Bonchev–Trinajstić information content (AvgIpc) is 2.66. The Balaban J connectivity index is 2.23. The summed E-state index contributed by atoms with van der Waals surface area (Å²) in [5.41, 5.74) is 4.09. The fourth-order valence-electron chi connectivity index (χ4n) is 3.17. The van der Waals surface area contributed by atoms with Crippen LogP contribution in [0.15, 0.2) is 42.5 Å². The molecule has 0 heterocycles. The number of ether oxygens (including phenoxy) is 2. The lowest BCUT2D eigenvalue weighted by molar-refractivity contribution is -0.111. The molecule has 4 nitrogen and oxygen atoms in total. The number of benzene rings is 2. The highest BCUT2D eigenvalue weighted by Gasteiger charge is 2.15. The van der Waals surface area contributed by atoms with Gasteiger partial charge in [0.15, 0.2) is 11.5 Å². The average molecular weight is 396 g/mol. The molecule has 2 aromatic carbocycles. The van der Waals surface area contributed by atoms with E-state index in [2.05, 4.69) is 51.2 Å². The molecule has 2 rings (SSSR count). The maximum absolute atomic E-state index is 12.6. The van der Waals surface area contributed by atoms with Crippen LogP contribution in [0.4, 0.5) is 5.69 Å². The predicted molar refractivity (Wildman–Crippen MR) is 121 cm³/mol. The van der Waals surface area contributed by atoms with Crippen LogP contribution in [0, 0.1) is 0 Å². The van der Waals surface area contributed by atoms with Crippen molar-refractivity contribution < 1.29 is 14.3 Å². The fraction of sp³-hybridized carbons (Fsp3) is 0.400. The first-order valence-corrected chi connectivity index (χ1v) is 10.2. The Kier molecular flexibility index (Phi) is 7.89. The molecule has 0 bridgehead atoms. The van der Waals surface area contributed by atoms with Gasteiger partial charge in [-0.25, -0.2) is 0 Å². The Morgan fingerprint density at radius 1 is 0.931 bits per heavy atom. The molecule has 29 heavy (non-hydrogen) atoms. The van der Waals surface area contributed by atoms with Gasteiger partial charge in [-0.05, 0) is 60.6 Å². The molecular formula is C25H33NO3. The minimum absolute atomic E-state index is 0.0623. The van der Waals surface area contributed by atoms with Gasteiger partial charge in [-0.15, -0.1) is 0 Å². The van der Waals surface area contributed by atoms with Crippen molar-refractivity contribution in [2.75, 3.05) is 12.4 Å². The van der Waals surface area contributed by atoms with Gasteiger partial charge < -0.3 is 14.8 Å². The molecule has 0 fully saturated rings.